The highest BCUT2D eigenvalue weighted by Gasteiger charge is 2.33. The first-order valence-electron chi connectivity index (χ1n) is 5.71. The first-order chi connectivity index (χ1) is 6.67. The predicted molar refractivity (Wildman–Crippen MR) is 59.4 cm³/mol. The van der Waals surface area contributed by atoms with Crippen molar-refractivity contribution in [3.63, 3.8) is 0 Å². The topological polar surface area (TPSA) is 35.5 Å². The van der Waals surface area contributed by atoms with Crippen molar-refractivity contribution in [2.24, 2.45) is 0 Å². The average Bonchev–Trinajstić information content (AvgIpc) is 2.28. The third-order valence-electron chi connectivity index (χ3n) is 3.80. The van der Waals surface area contributed by atoms with Crippen LogP contribution in [-0.4, -0.2) is 48.3 Å². The van der Waals surface area contributed by atoms with Gasteiger partial charge in [0.05, 0.1) is 6.61 Å². The zero-order valence-corrected chi connectivity index (χ0v) is 9.71. The van der Waals surface area contributed by atoms with Crippen LogP contribution < -0.4 is 5.32 Å². The molecule has 0 saturated carbocycles. The van der Waals surface area contributed by atoms with Gasteiger partial charge in [-0.2, -0.15) is 0 Å². The molecule has 0 aromatic carbocycles. The monoisotopic (exact) mass is 200 g/mol. The second-order valence-electron chi connectivity index (χ2n) is 4.48. The molecule has 14 heavy (non-hydrogen) atoms. The Morgan fingerprint density at radius 2 is 2.00 bits per heavy atom. The van der Waals surface area contributed by atoms with E-state index in [1.165, 1.54) is 6.42 Å². The SMILES string of the molecule is CCC(C)N1CCC(CO)(NC)CC1. The molecule has 84 valence electrons. The Morgan fingerprint density at radius 3 is 2.36 bits per heavy atom. The molecular formula is C11H24N2O. The summed E-state index contributed by atoms with van der Waals surface area (Å²) in [7, 11) is 1.95. The van der Waals surface area contributed by atoms with Crippen LogP contribution in [0.5, 0.6) is 0 Å². The molecule has 3 nitrogen and oxygen atoms in total. The smallest absolute Gasteiger partial charge is 0.0614 e. The van der Waals surface area contributed by atoms with E-state index in [2.05, 4.69) is 24.1 Å². The zero-order chi connectivity index (χ0) is 10.6. The van der Waals surface area contributed by atoms with E-state index < -0.39 is 0 Å². The van der Waals surface area contributed by atoms with Crippen molar-refractivity contribution in [2.75, 3.05) is 26.7 Å². The van der Waals surface area contributed by atoms with Gasteiger partial charge in [0.25, 0.3) is 0 Å². The molecular weight excluding hydrogens is 176 g/mol. The first kappa shape index (κ1) is 12.0. The summed E-state index contributed by atoms with van der Waals surface area (Å²) < 4.78 is 0. The lowest BCUT2D eigenvalue weighted by Gasteiger charge is -2.42. The molecule has 1 saturated heterocycles. The molecule has 1 heterocycles. The molecule has 1 unspecified atom stereocenters. The van der Waals surface area contributed by atoms with E-state index in [0.717, 1.165) is 25.9 Å². The van der Waals surface area contributed by atoms with Gasteiger partial charge in [0.15, 0.2) is 0 Å². The van der Waals surface area contributed by atoms with Crippen LogP contribution in [0.1, 0.15) is 33.1 Å². The van der Waals surface area contributed by atoms with Crippen molar-refractivity contribution in [2.45, 2.75) is 44.7 Å². The molecule has 0 aromatic rings. The molecule has 0 radical (unpaired) electrons. The van der Waals surface area contributed by atoms with Crippen LogP contribution in [0.25, 0.3) is 0 Å². The number of nitrogens with one attached hydrogen (secondary N) is 1. The summed E-state index contributed by atoms with van der Waals surface area (Å²) in [6.07, 6.45) is 3.33. The molecule has 0 amide bonds. The lowest BCUT2D eigenvalue weighted by atomic mass is 9.88. The summed E-state index contributed by atoms with van der Waals surface area (Å²) in [5.74, 6) is 0. The van der Waals surface area contributed by atoms with Crippen molar-refractivity contribution >= 4 is 0 Å². The quantitative estimate of drug-likeness (QED) is 0.705. The molecule has 2 N–H and O–H groups in total. The third-order valence-corrected chi connectivity index (χ3v) is 3.80. The molecule has 3 heteroatoms. The molecule has 1 aliphatic rings. The molecule has 1 aliphatic heterocycles. The maximum absolute atomic E-state index is 9.34. The molecule has 0 aromatic heterocycles. The van der Waals surface area contributed by atoms with Gasteiger partial charge in [0, 0.05) is 24.7 Å². The standard InChI is InChI=1S/C11H24N2O/c1-4-10(2)13-7-5-11(9-14,12-3)6-8-13/h10,12,14H,4-9H2,1-3H3. The van der Waals surface area contributed by atoms with Crippen LogP contribution in [0.4, 0.5) is 0 Å². The third kappa shape index (κ3) is 2.47. The molecule has 1 fully saturated rings. The van der Waals surface area contributed by atoms with E-state index >= 15 is 0 Å². The average molecular weight is 200 g/mol. The highest BCUT2D eigenvalue weighted by molar-refractivity contribution is 4.92. The molecule has 0 bridgehead atoms. The number of nitrogens with zero attached hydrogens (tertiary/aromatic N) is 1. The highest BCUT2D eigenvalue weighted by atomic mass is 16.3. The van der Waals surface area contributed by atoms with Gasteiger partial charge in [-0.05, 0) is 33.2 Å². The zero-order valence-electron chi connectivity index (χ0n) is 9.71. The van der Waals surface area contributed by atoms with Crippen LogP contribution >= 0.6 is 0 Å². The number of likely N-dealkylation sites (tertiary alicyclic amines) is 1. The van der Waals surface area contributed by atoms with Crippen LogP contribution in [0.3, 0.4) is 0 Å². The van der Waals surface area contributed by atoms with E-state index in [0.29, 0.717) is 6.04 Å². The number of aliphatic hydroxyl groups is 1. The molecule has 0 spiro atoms. The van der Waals surface area contributed by atoms with Crippen molar-refractivity contribution in [3.05, 3.63) is 0 Å². The van der Waals surface area contributed by atoms with E-state index in [9.17, 15) is 5.11 Å². The van der Waals surface area contributed by atoms with Crippen LogP contribution in [0.2, 0.25) is 0 Å². The Labute approximate surface area is 87.5 Å². The van der Waals surface area contributed by atoms with E-state index in [1.54, 1.807) is 0 Å². The van der Waals surface area contributed by atoms with Gasteiger partial charge in [-0.15, -0.1) is 0 Å². The van der Waals surface area contributed by atoms with E-state index in [-0.39, 0.29) is 12.1 Å². The van der Waals surface area contributed by atoms with Gasteiger partial charge in [0.1, 0.15) is 0 Å². The maximum Gasteiger partial charge on any atom is 0.0614 e. The van der Waals surface area contributed by atoms with Crippen molar-refractivity contribution in [1.29, 1.82) is 0 Å². The first-order valence-corrected chi connectivity index (χ1v) is 5.71. The fourth-order valence-electron chi connectivity index (χ4n) is 2.14. The number of piperidine rings is 1. The predicted octanol–water partition coefficient (Wildman–Crippen LogP) is 0.831. The largest absolute Gasteiger partial charge is 0.394 e. The van der Waals surface area contributed by atoms with Gasteiger partial charge >= 0.3 is 0 Å². The van der Waals surface area contributed by atoms with Gasteiger partial charge < -0.3 is 15.3 Å². The highest BCUT2D eigenvalue weighted by Crippen LogP contribution is 2.23. The summed E-state index contributed by atoms with van der Waals surface area (Å²) >= 11 is 0. The number of rotatable bonds is 4. The minimum absolute atomic E-state index is 0.00996. The van der Waals surface area contributed by atoms with Crippen molar-refractivity contribution in [3.8, 4) is 0 Å². The van der Waals surface area contributed by atoms with Crippen LogP contribution in [-0.2, 0) is 0 Å². The lowest BCUT2D eigenvalue weighted by molar-refractivity contribution is 0.0658. The lowest BCUT2D eigenvalue weighted by Crippen LogP contribution is -2.55. The molecule has 0 aliphatic carbocycles. The fourth-order valence-corrected chi connectivity index (χ4v) is 2.14. The fraction of sp³-hybridized carbons (Fsp3) is 1.00. The van der Waals surface area contributed by atoms with Crippen LogP contribution in [0, 0.1) is 0 Å². The second-order valence-corrected chi connectivity index (χ2v) is 4.48. The van der Waals surface area contributed by atoms with Gasteiger partial charge in [0.2, 0.25) is 0 Å². The van der Waals surface area contributed by atoms with Crippen molar-refractivity contribution in [1.82, 2.24) is 10.2 Å². The van der Waals surface area contributed by atoms with E-state index in [4.69, 9.17) is 0 Å². The van der Waals surface area contributed by atoms with Crippen LogP contribution in [0.15, 0.2) is 0 Å². The Morgan fingerprint density at radius 1 is 1.43 bits per heavy atom. The summed E-state index contributed by atoms with van der Waals surface area (Å²) in [6, 6.07) is 0.684. The summed E-state index contributed by atoms with van der Waals surface area (Å²) in [6.45, 7) is 6.99. The number of hydrogen-bond acceptors (Lipinski definition) is 3. The number of likely N-dealkylation sites (N-methyl/N-ethyl adjacent to an activating group) is 1. The summed E-state index contributed by atoms with van der Waals surface area (Å²) in [5, 5.41) is 12.6. The van der Waals surface area contributed by atoms with E-state index in [1.807, 2.05) is 7.05 Å². The summed E-state index contributed by atoms with van der Waals surface area (Å²) in [4.78, 5) is 2.52. The minimum Gasteiger partial charge on any atom is -0.394 e. The van der Waals surface area contributed by atoms with Gasteiger partial charge in [-0.25, -0.2) is 0 Å². The second kappa shape index (κ2) is 5.10. The Bertz CT molecular complexity index is 159. The van der Waals surface area contributed by atoms with Crippen molar-refractivity contribution < 1.29 is 5.11 Å². The molecule has 1 rings (SSSR count). The number of hydrogen-bond donors (Lipinski definition) is 2. The Kier molecular flexibility index (Phi) is 4.35. The Balaban J connectivity index is 2.44. The van der Waals surface area contributed by atoms with Gasteiger partial charge in [-0.1, -0.05) is 6.92 Å². The molecule has 1 atom stereocenters. The Hall–Kier alpha value is -0.120. The normalized spacial score (nSPS) is 24.9. The van der Waals surface area contributed by atoms with Gasteiger partial charge in [-0.3, -0.25) is 0 Å². The minimum atomic E-state index is -0.00996. The maximum atomic E-state index is 9.34. The number of aliphatic hydroxyl groups excluding tert-OH is 1. The summed E-state index contributed by atoms with van der Waals surface area (Å²) in [5.41, 5.74) is -0.00996.